The first kappa shape index (κ1) is 7.51. The molecular weight excluding hydrogens is 172 g/mol. The first-order valence-electron chi connectivity index (χ1n) is 4.82. The second-order valence-electron chi connectivity index (χ2n) is 4.38. The number of hydrogen-bond donors (Lipinski definition) is 0. The Hall–Kier alpha value is 0.110. The zero-order valence-corrected chi connectivity index (χ0v) is 7.94. The van der Waals surface area contributed by atoms with Crippen molar-refractivity contribution in [2.24, 2.45) is 0 Å². The third-order valence-corrected chi connectivity index (χ3v) is 5.58. The zero-order valence-electron chi connectivity index (χ0n) is 7.12. The lowest BCUT2D eigenvalue weighted by Crippen LogP contribution is -2.43. The Balaban J connectivity index is 1.87. The van der Waals surface area contributed by atoms with Crippen LogP contribution in [0.15, 0.2) is 0 Å². The van der Waals surface area contributed by atoms with Crippen LogP contribution in [0.1, 0.15) is 32.1 Å². The second kappa shape index (κ2) is 2.32. The number of ether oxygens (including phenoxy) is 1. The molecule has 0 radical (unpaired) electrons. The summed E-state index contributed by atoms with van der Waals surface area (Å²) >= 11 is 0. The van der Waals surface area contributed by atoms with Gasteiger partial charge in [0.05, 0.1) is 12.2 Å². The minimum atomic E-state index is -0.523. The highest BCUT2D eigenvalue weighted by atomic mass is 32.2. The number of epoxide rings is 1. The molecule has 3 saturated heterocycles. The van der Waals surface area contributed by atoms with Crippen molar-refractivity contribution in [3.05, 3.63) is 0 Å². The average Bonchev–Trinajstić information content (AvgIpc) is 2.74. The fourth-order valence-electron chi connectivity index (χ4n) is 2.70. The van der Waals surface area contributed by atoms with Crippen molar-refractivity contribution in [2.45, 2.75) is 48.2 Å². The summed E-state index contributed by atoms with van der Waals surface area (Å²) in [4.78, 5) is 0. The molecule has 3 fully saturated rings. The molecular formula is C9H14O2S. The number of hydrogen-bond acceptors (Lipinski definition) is 2. The number of fused-ring (bicyclic) bond motifs is 2. The Morgan fingerprint density at radius 3 is 2.33 bits per heavy atom. The smallest absolute Gasteiger partial charge is 0.0939 e. The summed E-state index contributed by atoms with van der Waals surface area (Å²) in [5.74, 6) is 0. The molecule has 0 saturated carbocycles. The van der Waals surface area contributed by atoms with Gasteiger partial charge in [0.2, 0.25) is 0 Å². The third kappa shape index (κ3) is 0.990. The van der Waals surface area contributed by atoms with Crippen LogP contribution in [-0.2, 0) is 15.5 Å². The Labute approximate surface area is 75.1 Å². The molecule has 0 aromatic carbocycles. The lowest BCUT2D eigenvalue weighted by Gasteiger charge is -2.36. The molecule has 0 aliphatic carbocycles. The maximum absolute atomic E-state index is 11.8. The highest BCUT2D eigenvalue weighted by Crippen LogP contribution is 2.47. The van der Waals surface area contributed by atoms with Crippen molar-refractivity contribution < 1.29 is 8.95 Å². The van der Waals surface area contributed by atoms with E-state index in [-0.39, 0.29) is 5.60 Å². The number of rotatable bonds is 0. The lowest BCUT2D eigenvalue weighted by atomic mass is 9.90. The Morgan fingerprint density at radius 2 is 1.83 bits per heavy atom. The molecule has 1 spiro atoms. The van der Waals surface area contributed by atoms with Crippen molar-refractivity contribution in [1.82, 2.24) is 0 Å². The Bertz CT molecular complexity index is 217. The maximum atomic E-state index is 11.8. The van der Waals surface area contributed by atoms with Gasteiger partial charge in [-0.05, 0) is 25.7 Å². The molecule has 2 unspecified atom stereocenters. The van der Waals surface area contributed by atoms with Crippen LogP contribution in [-0.4, -0.2) is 26.9 Å². The van der Waals surface area contributed by atoms with E-state index in [1.54, 1.807) is 0 Å². The van der Waals surface area contributed by atoms with Gasteiger partial charge in [-0.1, -0.05) is 6.42 Å². The fraction of sp³-hybridized carbons (Fsp3) is 1.00. The highest BCUT2D eigenvalue weighted by Gasteiger charge is 2.54. The molecule has 2 nitrogen and oxygen atoms in total. The molecule has 3 rings (SSSR count). The molecule has 0 N–H and O–H groups in total. The Kier molecular flexibility index (Phi) is 1.45. The van der Waals surface area contributed by atoms with E-state index in [4.69, 9.17) is 4.74 Å². The van der Waals surface area contributed by atoms with Crippen LogP contribution in [0.4, 0.5) is 0 Å². The summed E-state index contributed by atoms with van der Waals surface area (Å²) in [6, 6.07) is 0. The van der Waals surface area contributed by atoms with E-state index in [2.05, 4.69) is 0 Å². The molecule has 3 aliphatic heterocycles. The summed E-state index contributed by atoms with van der Waals surface area (Å²) in [6.45, 7) is 0.942. The van der Waals surface area contributed by atoms with Gasteiger partial charge in [0.1, 0.15) is 0 Å². The van der Waals surface area contributed by atoms with Crippen LogP contribution in [0.5, 0.6) is 0 Å². The zero-order chi connectivity index (χ0) is 8.18. The van der Waals surface area contributed by atoms with Gasteiger partial charge in [0.15, 0.2) is 0 Å². The summed E-state index contributed by atoms with van der Waals surface area (Å²) in [5, 5.41) is 0.944. The van der Waals surface area contributed by atoms with Crippen molar-refractivity contribution >= 4 is 10.8 Å². The standard InChI is InChI=1S/C9H14O2S/c10-12-7-2-1-3-8(12)5-9(4-7)6-11-9/h7-8H,1-6H2. The van der Waals surface area contributed by atoms with E-state index < -0.39 is 10.8 Å². The molecule has 68 valence electrons. The molecule has 2 bridgehead atoms. The van der Waals surface area contributed by atoms with Gasteiger partial charge in [-0.3, -0.25) is 4.21 Å². The first-order valence-corrected chi connectivity index (χ1v) is 6.10. The van der Waals surface area contributed by atoms with Crippen molar-refractivity contribution in [2.75, 3.05) is 6.61 Å². The molecule has 0 amide bonds. The SMILES string of the molecule is O=S1C2CCCC1CC1(CO1)C2. The Morgan fingerprint density at radius 1 is 1.25 bits per heavy atom. The van der Waals surface area contributed by atoms with Crippen molar-refractivity contribution in [1.29, 1.82) is 0 Å². The van der Waals surface area contributed by atoms with Crippen LogP contribution in [0.3, 0.4) is 0 Å². The van der Waals surface area contributed by atoms with Crippen LogP contribution in [0.25, 0.3) is 0 Å². The molecule has 3 heteroatoms. The quantitative estimate of drug-likeness (QED) is 0.532. The predicted octanol–water partition coefficient (Wildman–Crippen LogP) is 1.22. The maximum Gasteiger partial charge on any atom is 0.0939 e. The van der Waals surface area contributed by atoms with Crippen LogP contribution >= 0.6 is 0 Å². The second-order valence-corrected chi connectivity index (χ2v) is 6.37. The van der Waals surface area contributed by atoms with Crippen molar-refractivity contribution in [3.63, 3.8) is 0 Å². The first-order chi connectivity index (χ1) is 5.79. The summed E-state index contributed by atoms with van der Waals surface area (Å²) in [6.07, 6.45) is 5.80. The lowest BCUT2D eigenvalue weighted by molar-refractivity contribution is 0.243. The van der Waals surface area contributed by atoms with Gasteiger partial charge >= 0.3 is 0 Å². The molecule has 12 heavy (non-hydrogen) atoms. The van der Waals surface area contributed by atoms with Gasteiger partial charge in [-0.2, -0.15) is 0 Å². The minimum absolute atomic E-state index is 0.212. The summed E-state index contributed by atoms with van der Waals surface area (Å²) in [7, 11) is -0.523. The largest absolute Gasteiger partial charge is 0.370 e. The van der Waals surface area contributed by atoms with Gasteiger partial charge < -0.3 is 4.74 Å². The third-order valence-electron chi connectivity index (χ3n) is 3.46. The normalized spacial score (nSPS) is 57.2. The van der Waals surface area contributed by atoms with E-state index >= 15 is 0 Å². The molecule has 3 heterocycles. The molecule has 3 aliphatic rings. The van der Waals surface area contributed by atoms with E-state index in [0.717, 1.165) is 19.4 Å². The van der Waals surface area contributed by atoms with Crippen LogP contribution in [0.2, 0.25) is 0 Å². The summed E-state index contributed by atoms with van der Waals surface area (Å²) in [5.41, 5.74) is 0.212. The summed E-state index contributed by atoms with van der Waals surface area (Å²) < 4.78 is 17.3. The monoisotopic (exact) mass is 186 g/mol. The van der Waals surface area contributed by atoms with E-state index in [1.807, 2.05) is 0 Å². The molecule has 2 atom stereocenters. The molecule has 0 aromatic rings. The van der Waals surface area contributed by atoms with Crippen LogP contribution < -0.4 is 0 Å². The minimum Gasteiger partial charge on any atom is -0.370 e. The van der Waals surface area contributed by atoms with Gasteiger partial charge in [-0.25, -0.2) is 0 Å². The van der Waals surface area contributed by atoms with E-state index in [1.165, 1.54) is 19.3 Å². The van der Waals surface area contributed by atoms with E-state index in [0.29, 0.717) is 10.5 Å². The fourth-order valence-corrected chi connectivity index (χ4v) is 4.98. The topological polar surface area (TPSA) is 29.6 Å². The predicted molar refractivity (Wildman–Crippen MR) is 47.5 cm³/mol. The van der Waals surface area contributed by atoms with Crippen LogP contribution in [0, 0.1) is 0 Å². The highest BCUT2D eigenvalue weighted by molar-refractivity contribution is 7.86. The van der Waals surface area contributed by atoms with E-state index in [9.17, 15) is 4.21 Å². The van der Waals surface area contributed by atoms with Gasteiger partial charge in [0.25, 0.3) is 0 Å². The van der Waals surface area contributed by atoms with Crippen molar-refractivity contribution in [3.8, 4) is 0 Å². The molecule has 0 aromatic heterocycles. The van der Waals surface area contributed by atoms with Gasteiger partial charge in [-0.15, -0.1) is 0 Å². The average molecular weight is 186 g/mol. The van der Waals surface area contributed by atoms with Gasteiger partial charge in [0, 0.05) is 21.3 Å².